The number of rotatable bonds is 25. The molecule has 0 aromatic carbocycles. The van der Waals surface area contributed by atoms with Gasteiger partial charge in [-0.2, -0.15) is 0 Å². The van der Waals surface area contributed by atoms with Crippen molar-refractivity contribution in [1.29, 1.82) is 0 Å². The predicted molar refractivity (Wildman–Crippen MR) is 149 cm³/mol. The van der Waals surface area contributed by atoms with E-state index in [2.05, 4.69) is 41.5 Å². The topological polar surface area (TPSA) is 55.4 Å². The molecule has 0 N–H and O–H groups in total. The van der Waals surface area contributed by atoms with Gasteiger partial charge in [-0.3, -0.25) is 0 Å². The van der Waals surface area contributed by atoms with E-state index in [9.17, 15) is 0 Å². The van der Waals surface area contributed by atoms with E-state index in [4.69, 9.17) is 26.6 Å². The average molecular weight is 567 g/mol. The fourth-order valence-corrected chi connectivity index (χ4v) is 18.6. The summed E-state index contributed by atoms with van der Waals surface area (Å²) in [6, 6.07) is 0. The molecule has 0 aliphatic carbocycles. The van der Waals surface area contributed by atoms with Crippen molar-refractivity contribution in [3.63, 3.8) is 0 Å². The molecule has 0 spiro atoms. The molecule has 0 aromatic rings. The standard InChI is InChI=1S/C20H46O6S4Si2/c1-7-13-21-31(22-14-8-2,23-15-9-3)19-27-29-30-28-20-32(24-16-10-4,25-17-11-5)26-18-12-6/h7-20H2,1-6H3. The van der Waals surface area contributed by atoms with Crippen LogP contribution in [0.15, 0.2) is 0 Å². The van der Waals surface area contributed by atoms with Gasteiger partial charge in [-0.25, -0.2) is 0 Å². The van der Waals surface area contributed by atoms with Gasteiger partial charge >= 0.3 is 17.6 Å². The van der Waals surface area contributed by atoms with Crippen LogP contribution in [-0.2, 0) is 26.6 Å². The Bertz CT molecular complexity index is 337. The molecular formula is C20H46O6S4Si2. The summed E-state index contributed by atoms with van der Waals surface area (Å²) >= 11 is 0. The first-order chi connectivity index (χ1) is 15.6. The van der Waals surface area contributed by atoms with Gasteiger partial charge in [0.25, 0.3) is 0 Å². The highest BCUT2D eigenvalue weighted by atomic mass is 33.7. The maximum atomic E-state index is 6.17. The van der Waals surface area contributed by atoms with Crippen LogP contribution in [0.25, 0.3) is 0 Å². The van der Waals surface area contributed by atoms with E-state index >= 15 is 0 Å². The zero-order valence-corrected chi connectivity index (χ0v) is 26.2. The highest BCUT2D eigenvalue weighted by Gasteiger charge is 2.42. The Morgan fingerprint density at radius 2 is 0.625 bits per heavy atom. The van der Waals surface area contributed by atoms with Gasteiger partial charge < -0.3 is 26.6 Å². The fourth-order valence-electron chi connectivity index (χ4n) is 2.28. The molecule has 0 saturated carbocycles. The largest absolute Gasteiger partial charge is 0.512 e. The molecule has 0 aliphatic rings. The molecule has 32 heavy (non-hydrogen) atoms. The van der Waals surface area contributed by atoms with E-state index in [0.29, 0.717) is 39.6 Å². The van der Waals surface area contributed by atoms with E-state index in [-0.39, 0.29) is 0 Å². The third-order valence-electron chi connectivity index (χ3n) is 3.75. The van der Waals surface area contributed by atoms with Crippen LogP contribution in [0.4, 0.5) is 0 Å². The minimum Gasteiger partial charge on any atom is -0.373 e. The highest BCUT2D eigenvalue weighted by molar-refractivity contribution is 9.26. The smallest absolute Gasteiger partial charge is 0.373 e. The van der Waals surface area contributed by atoms with Crippen LogP contribution in [0.3, 0.4) is 0 Å². The van der Waals surface area contributed by atoms with Crippen LogP contribution in [0.2, 0.25) is 0 Å². The minimum atomic E-state index is -2.65. The maximum Gasteiger partial charge on any atom is 0.512 e. The summed E-state index contributed by atoms with van der Waals surface area (Å²) in [5.41, 5.74) is 0. The van der Waals surface area contributed by atoms with E-state index in [0.717, 1.165) is 49.3 Å². The Morgan fingerprint density at radius 3 is 0.812 bits per heavy atom. The Morgan fingerprint density at radius 1 is 0.406 bits per heavy atom. The van der Waals surface area contributed by atoms with Crippen LogP contribution >= 0.6 is 41.2 Å². The van der Waals surface area contributed by atoms with Crippen LogP contribution in [0, 0.1) is 0 Å². The lowest BCUT2D eigenvalue weighted by atomic mass is 10.5. The summed E-state index contributed by atoms with van der Waals surface area (Å²) in [4.78, 5) is 0. The van der Waals surface area contributed by atoms with Gasteiger partial charge in [0.1, 0.15) is 0 Å². The van der Waals surface area contributed by atoms with Gasteiger partial charge in [0.05, 0.1) is 10.8 Å². The summed E-state index contributed by atoms with van der Waals surface area (Å²) in [5, 5.41) is 1.50. The van der Waals surface area contributed by atoms with Crippen molar-refractivity contribution >= 4 is 58.8 Å². The third-order valence-corrected chi connectivity index (χ3v) is 18.2. The lowest BCUT2D eigenvalue weighted by Crippen LogP contribution is -2.49. The van der Waals surface area contributed by atoms with Crippen molar-refractivity contribution in [2.24, 2.45) is 0 Å². The Balaban J connectivity index is 4.72. The second-order valence-electron chi connectivity index (χ2n) is 7.12. The molecule has 0 amide bonds. The van der Waals surface area contributed by atoms with E-state index < -0.39 is 17.6 Å². The second-order valence-corrected chi connectivity index (χ2v) is 19.3. The Kier molecular flexibility index (Phi) is 24.2. The first kappa shape index (κ1) is 33.6. The normalized spacial score (nSPS) is 12.6. The fraction of sp³-hybridized carbons (Fsp3) is 1.00. The molecule has 0 heterocycles. The van der Waals surface area contributed by atoms with Crippen molar-refractivity contribution in [1.82, 2.24) is 0 Å². The van der Waals surface area contributed by atoms with Crippen LogP contribution in [-0.4, -0.2) is 68.0 Å². The van der Waals surface area contributed by atoms with E-state index in [1.165, 1.54) is 0 Å². The number of hydrogen-bond acceptors (Lipinski definition) is 10. The summed E-state index contributed by atoms with van der Waals surface area (Å²) in [6.07, 6.45) is 5.76. The molecule has 6 nitrogen and oxygen atoms in total. The van der Waals surface area contributed by atoms with E-state index in [1.54, 1.807) is 41.2 Å². The van der Waals surface area contributed by atoms with Crippen molar-refractivity contribution in [2.75, 3.05) is 50.4 Å². The zero-order chi connectivity index (χ0) is 24.0. The van der Waals surface area contributed by atoms with Gasteiger partial charge in [-0.15, -0.1) is 0 Å². The Hall–Kier alpha value is 1.59. The quantitative estimate of drug-likeness (QED) is 0.0645. The first-order valence-corrected chi connectivity index (χ1v) is 21.0. The molecule has 0 radical (unpaired) electrons. The molecule has 0 bridgehead atoms. The monoisotopic (exact) mass is 566 g/mol. The molecule has 0 atom stereocenters. The van der Waals surface area contributed by atoms with Crippen molar-refractivity contribution in [2.45, 2.75) is 80.1 Å². The molecular weight excluding hydrogens is 521 g/mol. The Labute approximate surface area is 215 Å². The summed E-state index contributed by atoms with van der Waals surface area (Å²) in [6.45, 7) is 16.8. The van der Waals surface area contributed by atoms with Gasteiger partial charge in [0.2, 0.25) is 0 Å². The molecule has 194 valence electrons. The summed E-state index contributed by atoms with van der Waals surface area (Å²) in [5.74, 6) is 0. The summed E-state index contributed by atoms with van der Waals surface area (Å²) < 4.78 is 37.0. The third kappa shape index (κ3) is 16.3. The molecule has 0 unspecified atom stereocenters. The maximum absolute atomic E-state index is 6.17. The van der Waals surface area contributed by atoms with Gasteiger partial charge in [-0.05, 0) is 58.2 Å². The van der Waals surface area contributed by atoms with Crippen LogP contribution in [0.5, 0.6) is 0 Å². The molecule has 0 fully saturated rings. The van der Waals surface area contributed by atoms with Crippen molar-refractivity contribution in [3.8, 4) is 0 Å². The first-order valence-electron chi connectivity index (χ1n) is 12.0. The lowest BCUT2D eigenvalue weighted by Gasteiger charge is -2.29. The SMILES string of the molecule is CCCO[Si](CSSSSC[Si](OCCC)(OCCC)OCCC)(OCCC)OCCC. The van der Waals surface area contributed by atoms with Crippen molar-refractivity contribution < 1.29 is 26.6 Å². The second kappa shape index (κ2) is 23.0. The molecule has 12 heteroatoms. The lowest BCUT2D eigenvalue weighted by molar-refractivity contribution is 0.0643. The van der Waals surface area contributed by atoms with Gasteiger partial charge in [0.15, 0.2) is 0 Å². The summed E-state index contributed by atoms with van der Waals surface area (Å²) in [7, 11) is 1.68. The average Bonchev–Trinajstić information content (AvgIpc) is 2.82. The van der Waals surface area contributed by atoms with E-state index in [1.807, 2.05) is 0 Å². The highest BCUT2D eigenvalue weighted by Crippen LogP contribution is 2.45. The van der Waals surface area contributed by atoms with Crippen LogP contribution in [0.1, 0.15) is 80.1 Å². The van der Waals surface area contributed by atoms with Crippen molar-refractivity contribution in [3.05, 3.63) is 0 Å². The minimum absolute atomic E-state index is 0.680. The molecule has 0 aliphatic heterocycles. The molecule has 0 rings (SSSR count). The van der Waals surface area contributed by atoms with Crippen LogP contribution < -0.4 is 0 Å². The molecule has 0 saturated heterocycles. The van der Waals surface area contributed by atoms with Gasteiger partial charge in [-0.1, -0.05) is 63.1 Å². The zero-order valence-electron chi connectivity index (χ0n) is 21.0. The predicted octanol–water partition coefficient (Wildman–Crippen LogP) is 7.18. The van der Waals surface area contributed by atoms with Gasteiger partial charge in [0, 0.05) is 39.6 Å². The number of hydrogen-bond donors (Lipinski definition) is 0. The molecule has 0 aromatic heterocycles.